The zero-order valence-corrected chi connectivity index (χ0v) is 25.8. The van der Waals surface area contributed by atoms with Crippen LogP contribution in [0.3, 0.4) is 0 Å². The Labute approximate surface area is 271 Å². The fourth-order valence-electron chi connectivity index (χ4n) is 4.71. The van der Waals surface area contributed by atoms with Crippen molar-refractivity contribution in [2.24, 2.45) is 5.92 Å². The van der Waals surface area contributed by atoms with Crippen LogP contribution in [0.4, 0.5) is 35.1 Å². The van der Waals surface area contributed by atoms with E-state index < -0.39 is 77.4 Å². The Kier molecular flexibility index (Phi) is 15.5. The van der Waals surface area contributed by atoms with Crippen LogP contribution in [0.25, 0.3) is 0 Å². The molecule has 0 spiro atoms. The van der Waals surface area contributed by atoms with Crippen molar-refractivity contribution in [2.75, 3.05) is 26.4 Å². The summed E-state index contributed by atoms with van der Waals surface area (Å²) in [6.45, 7) is 6.20. The van der Waals surface area contributed by atoms with E-state index in [4.69, 9.17) is 9.47 Å². The number of halogens is 8. The van der Waals surface area contributed by atoms with E-state index in [1.807, 2.05) is 0 Å². The molecule has 1 aromatic carbocycles. The number of benzene rings is 1. The minimum atomic E-state index is -5.85. The number of rotatable bonds is 18. The summed E-state index contributed by atoms with van der Waals surface area (Å²) in [5.74, 6) is -6.46. The molecular formula is C32H36F8O8. The molecule has 1 aliphatic carbocycles. The maximum atomic E-state index is 15.2. The first-order valence-electron chi connectivity index (χ1n) is 14.9. The minimum absolute atomic E-state index is 0.0159. The average Bonchev–Trinajstić information content (AvgIpc) is 3.02. The van der Waals surface area contributed by atoms with E-state index in [-0.39, 0.29) is 64.4 Å². The Morgan fingerprint density at radius 3 is 1.77 bits per heavy atom. The molecule has 48 heavy (non-hydrogen) atoms. The first-order valence-corrected chi connectivity index (χ1v) is 14.9. The van der Waals surface area contributed by atoms with Gasteiger partial charge in [0.25, 0.3) is 0 Å². The van der Waals surface area contributed by atoms with Crippen LogP contribution >= 0.6 is 0 Å². The van der Waals surface area contributed by atoms with Crippen molar-refractivity contribution in [1.29, 1.82) is 0 Å². The Hall–Kier alpha value is -3.95. The second-order valence-electron chi connectivity index (χ2n) is 10.5. The topological polar surface area (TPSA) is 97.4 Å². The van der Waals surface area contributed by atoms with Gasteiger partial charge in [0, 0.05) is 12.2 Å². The molecule has 1 aliphatic rings. The molecule has 16 heteroatoms. The van der Waals surface area contributed by atoms with Crippen molar-refractivity contribution in [3.8, 4) is 5.75 Å². The Morgan fingerprint density at radius 2 is 1.23 bits per heavy atom. The number of esters is 3. The highest BCUT2D eigenvalue weighted by molar-refractivity contribution is 5.92. The van der Waals surface area contributed by atoms with E-state index in [0.29, 0.717) is 18.9 Å². The zero-order valence-electron chi connectivity index (χ0n) is 25.8. The SMILES string of the molecule is C=CC(=O)OCC/C=C\CCOC1CCC(C(F)(F)Oc2ccc(C(=O)OCCCCOC(=O)C=C)c(C(F)(F)F)c2C(F)(F)F)CC1. The fourth-order valence-corrected chi connectivity index (χ4v) is 4.71. The third-order valence-corrected chi connectivity index (χ3v) is 7.03. The zero-order chi connectivity index (χ0) is 36.0. The smallest absolute Gasteiger partial charge is 0.420 e. The lowest BCUT2D eigenvalue weighted by atomic mass is 9.86. The molecule has 0 bridgehead atoms. The first kappa shape index (κ1) is 40.2. The summed E-state index contributed by atoms with van der Waals surface area (Å²) in [7, 11) is 0. The van der Waals surface area contributed by atoms with E-state index in [2.05, 4.69) is 27.4 Å². The van der Waals surface area contributed by atoms with Gasteiger partial charge in [-0.25, -0.2) is 14.4 Å². The van der Waals surface area contributed by atoms with Gasteiger partial charge in [0.2, 0.25) is 0 Å². The molecule has 0 N–H and O–H groups in total. The Balaban J connectivity index is 2.05. The number of hydrogen-bond donors (Lipinski definition) is 0. The van der Waals surface area contributed by atoms with Crippen LogP contribution in [0.1, 0.15) is 72.9 Å². The molecule has 0 aromatic heterocycles. The van der Waals surface area contributed by atoms with E-state index in [0.717, 1.165) is 12.2 Å². The normalized spacial score (nSPS) is 17.1. The molecule has 1 fully saturated rings. The summed E-state index contributed by atoms with van der Waals surface area (Å²) in [6, 6.07) is 0.535. The van der Waals surface area contributed by atoms with Gasteiger partial charge >= 0.3 is 36.4 Å². The molecule has 2 rings (SSSR count). The summed E-state index contributed by atoms with van der Waals surface area (Å²) >= 11 is 0. The van der Waals surface area contributed by atoms with E-state index >= 15 is 8.78 Å². The van der Waals surface area contributed by atoms with Crippen LogP contribution in [-0.2, 0) is 40.9 Å². The van der Waals surface area contributed by atoms with Crippen LogP contribution in [0.5, 0.6) is 5.75 Å². The maximum absolute atomic E-state index is 15.2. The third-order valence-electron chi connectivity index (χ3n) is 7.03. The van der Waals surface area contributed by atoms with Crippen LogP contribution < -0.4 is 4.74 Å². The third kappa shape index (κ3) is 12.9. The van der Waals surface area contributed by atoms with Crippen molar-refractivity contribution < 1.29 is 73.2 Å². The average molecular weight is 701 g/mol. The summed E-state index contributed by atoms with van der Waals surface area (Å²) in [5, 5.41) is 0. The minimum Gasteiger partial charge on any atom is -0.463 e. The molecule has 8 nitrogen and oxygen atoms in total. The lowest BCUT2D eigenvalue weighted by molar-refractivity contribution is -0.229. The summed E-state index contributed by atoms with van der Waals surface area (Å²) < 4.78 is 139. The lowest BCUT2D eigenvalue weighted by Gasteiger charge is -2.34. The monoisotopic (exact) mass is 700 g/mol. The van der Waals surface area contributed by atoms with Crippen molar-refractivity contribution in [1.82, 2.24) is 0 Å². The Morgan fingerprint density at radius 1 is 0.708 bits per heavy atom. The highest BCUT2D eigenvalue weighted by atomic mass is 19.4. The highest BCUT2D eigenvalue weighted by Gasteiger charge is 2.51. The number of unbranched alkanes of at least 4 members (excludes halogenated alkanes) is 1. The predicted molar refractivity (Wildman–Crippen MR) is 154 cm³/mol. The van der Waals surface area contributed by atoms with E-state index in [1.165, 1.54) is 0 Å². The van der Waals surface area contributed by atoms with Crippen molar-refractivity contribution in [3.63, 3.8) is 0 Å². The quantitative estimate of drug-likeness (QED) is 0.0380. The molecule has 0 heterocycles. The Bertz CT molecular complexity index is 1280. The molecule has 1 saturated carbocycles. The number of carbonyl (C=O) groups excluding carboxylic acids is 3. The first-order chi connectivity index (χ1) is 22.5. The van der Waals surface area contributed by atoms with Gasteiger partial charge in [0.15, 0.2) is 0 Å². The molecule has 0 amide bonds. The molecular weight excluding hydrogens is 664 g/mol. The number of alkyl halides is 8. The van der Waals surface area contributed by atoms with Crippen LogP contribution in [-0.4, -0.2) is 56.5 Å². The van der Waals surface area contributed by atoms with Gasteiger partial charge in [0.05, 0.1) is 49.6 Å². The van der Waals surface area contributed by atoms with E-state index in [9.17, 15) is 40.7 Å². The predicted octanol–water partition coefficient (Wildman–Crippen LogP) is 8.00. The van der Waals surface area contributed by atoms with Crippen molar-refractivity contribution in [3.05, 3.63) is 66.3 Å². The lowest BCUT2D eigenvalue weighted by Crippen LogP contribution is -2.39. The maximum Gasteiger partial charge on any atom is 0.420 e. The van der Waals surface area contributed by atoms with Crippen molar-refractivity contribution in [2.45, 2.75) is 75.9 Å². The molecule has 0 saturated heterocycles. The van der Waals surface area contributed by atoms with Crippen LogP contribution in [0.15, 0.2) is 49.6 Å². The number of ether oxygens (including phenoxy) is 5. The standard InChI is InChI=1S/C32H36F8O8/c1-3-25(41)45-18-8-6-5-7-17-44-22-13-11-21(12-14-22)32(39,40)48-24-16-15-23(27(30(33,34)35)28(24)31(36,37)38)29(43)47-20-10-9-19-46-26(42)4-2/h3-6,15-16,21-22H,1-2,7-14,17-20H2/b6-5-. The summed E-state index contributed by atoms with van der Waals surface area (Å²) in [5.41, 5.74) is -6.63. The second kappa shape index (κ2) is 18.6. The highest BCUT2D eigenvalue weighted by Crippen LogP contribution is 2.49. The molecule has 0 unspecified atom stereocenters. The van der Waals surface area contributed by atoms with Gasteiger partial charge < -0.3 is 23.7 Å². The molecule has 0 aliphatic heterocycles. The molecule has 0 atom stereocenters. The van der Waals surface area contributed by atoms with Gasteiger partial charge in [-0.15, -0.1) is 0 Å². The van der Waals surface area contributed by atoms with Crippen LogP contribution in [0, 0.1) is 5.92 Å². The molecule has 1 aromatic rings. The summed E-state index contributed by atoms with van der Waals surface area (Å²) in [4.78, 5) is 34.4. The van der Waals surface area contributed by atoms with Crippen molar-refractivity contribution >= 4 is 17.9 Å². The largest absolute Gasteiger partial charge is 0.463 e. The summed E-state index contributed by atoms with van der Waals surface area (Å²) in [6.07, 6.45) is -10.1. The van der Waals surface area contributed by atoms with Gasteiger partial charge in [-0.3, -0.25) is 0 Å². The van der Waals surface area contributed by atoms with Gasteiger partial charge in [0.1, 0.15) is 11.3 Å². The van der Waals surface area contributed by atoms with Gasteiger partial charge in [-0.2, -0.15) is 35.1 Å². The second-order valence-corrected chi connectivity index (χ2v) is 10.5. The number of carbonyl (C=O) groups is 3. The van der Waals surface area contributed by atoms with Gasteiger partial charge in [-0.05, 0) is 63.5 Å². The van der Waals surface area contributed by atoms with E-state index in [1.54, 1.807) is 12.2 Å². The fraction of sp³-hybridized carbons (Fsp3) is 0.531. The number of hydrogen-bond acceptors (Lipinski definition) is 8. The molecule has 0 radical (unpaired) electrons. The van der Waals surface area contributed by atoms with Crippen LogP contribution in [0.2, 0.25) is 0 Å². The molecule has 268 valence electrons. The van der Waals surface area contributed by atoms with Gasteiger partial charge in [-0.1, -0.05) is 25.3 Å².